The minimum absolute atomic E-state index is 0.117. The van der Waals surface area contributed by atoms with Gasteiger partial charge in [-0.15, -0.1) is 0 Å². The first-order chi connectivity index (χ1) is 28.5. The van der Waals surface area contributed by atoms with Crippen LogP contribution in [0.2, 0.25) is 0 Å². The number of ether oxygens (including phenoxy) is 2. The molecule has 1 aliphatic carbocycles. The number of phosphoric ester groups is 4. The Morgan fingerprint density at radius 3 is 1.44 bits per heavy atom. The van der Waals surface area contributed by atoms with Crippen LogP contribution in [-0.2, 0) is 59.9 Å². The van der Waals surface area contributed by atoms with E-state index in [1.54, 1.807) is 6.92 Å². The first kappa shape index (κ1) is 56.6. The van der Waals surface area contributed by atoms with Crippen molar-refractivity contribution >= 4 is 43.2 Å². The van der Waals surface area contributed by atoms with Crippen molar-refractivity contribution in [1.82, 2.24) is 0 Å². The molecule has 22 nitrogen and oxygen atoms in total. The van der Waals surface area contributed by atoms with Crippen LogP contribution in [0.1, 0.15) is 104 Å². The number of aliphatic hydroxyl groups is 2. The van der Waals surface area contributed by atoms with Crippen LogP contribution in [0.15, 0.2) is 0 Å². The number of aliphatic hydroxyl groups excluding tert-OH is 2. The summed E-state index contributed by atoms with van der Waals surface area (Å²) in [5.74, 6) is 16.4. The summed E-state index contributed by atoms with van der Waals surface area (Å²) in [7, 11) is -23.1. The minimum Gasteiger partial charge on any atom is -0.456 e. The Balaban J connectivity index is 3.08. The molecule has 1 aliphatic rings. The van der Waals surface area contributed by atoms with Gasteiger partial charge < -0.3 is 53.9 Å². The monoisotopic (exact) mass is 950 g/mol. The van der Waals surface area contributed by atoms with Crippen LogP contribution >= 0.6 is 31.3 Å². The molecule has 0 saturated heterocycles. The Morgan fingerprint density at radius 2 is 0.984 bits per heavy atom. The summed E-state index contributed by atoms with van der Waals surface area (Å²) < 4.78 is 80.9. The lowest BCUT2D eigenvalue weighted by molar-refractivity contribution is -0.209. The van der Waals surface area contributed by atoms with Gasteiger partial charge in [-0.2, -0.15) is 0 Å². The zero-order chi connectivity index (χ0) is 46.1. The fourth-order valence-electron chi connectivity index (χ4n) is 5.60. The van der Waals surface area contributed by atoms with Gasteiger partial charge in [-0.1, -0.05) is 89.9 Å². The summed E-state index contributed by atoms with van der Waals surface area (Å²) in [6.07, 6.45) is -4.79. The van der Waals surface area contributed by atoms with E-state index in [4.69, 9.17) is 18.5 Å². The number of phosphoric acid groups is 4. The van der Waals surface area contributed by atoms with Gasteiger partial charge in [0.1, 0.15) is 43.2 Å². The molecule has 0 aromatic carbocycles. The predicted octanol–water partition coefficient (Wildman–Crippen LogP) is 2.63. The molecule has 0 amide bonds. The number of hydrogen-bond donors (Lipinski definition) is 9. The fourth-order valence-corrected chi connectivity index (χ4v) is 8.25. The Labute approximate surface area is 354 Å². The molecule has 8 atom stereocenters. The summed E-state index contributed by atoms with van der Waals surface area (Å²) in [4.78, 5) is 91.6. The van der Waals surface area contributed by atoms with E-state index in [2.05, 4.69) is 61.9 Å². The summed E-state index contributed by atoms with van der Waals surface area (Å²) in [5.41, 5.74) is 0. The summed E-state index contributed by atoms with van der Waals surface area (Å²) >= 11 is 0. The van der Waals surface area contributed by atoms with Crippen LogP contribution in [0.25, 0.3) is 0 Å². The molecule has 9 N–H and O–H groups in total. The number of unbranched alkanes of at least 4 members (excludes halogenated alkanes) is 12. The van der Waals surface area contributed by atoms with Gasteiger partial charge in [0.05, 0.1) is 6.61 Å². The van der Waals surface area contributed by atoms with Crippen LogP contribution in [0.5, 0.6) is 0 Å². The zero-order valence-corrected chi connectivity index (χ0v) is 37.1. The molecule has 1 saturated carbocycles. The molecular weight excluding hydrogens is 896 g/mol. The van der Waals surface area contributed by atoms with Crippen molar-refractivity contribution in [3.63, 3.8) is 0 Å². The average molecular weight is 951 g/mol. The lowest BCUT2D eigenvalue weighted by Gasteiger charge is -2.45. The van der Waals surface area contributed by atoms with Gasteiger partial charge in [0, 0.05) is 12.3 Å². The third-order valence-corrected chi connectivity index (χ3v) is 10.8. The van der Waals surface area contributed by atoms with Crippen LogP contribution in [0, 0.1) is 47.4 Å². The van der Waals surface area contributed by atoms with E-state index >= 15 is 0 Å². The highest BCUT2D eigenvalue weighted by Crippen LogP contribution is 2.53. The van der Waals surface area contributed by atoms with Gasteiger partial charge in [-0.3, -0.25) is 27.4 Å². The Morgan fingerprint density at radius 1 is 0.557 bits per heavy atom. The SMILES string of the molecule is CC#CC#CC#CC#CC(=O)OC[C@H](COP(=O)(O)OC1C(O)[C@@H](OP(=O)(O)O)C(OP(=O)(O)O)[C@@H](OP(=O)(O)O)C1O)OC(=O)CCCCCCCCCCCCCCC. The highest BCUT2D eigenvalue weighted by Gasteiger charge is 2.59. The van der Waals surface area contributed by atoms with Gasteiger partial charge in [-0.05, 0) is 48.9 Å². The van der Waals surface area contributed by atoms with Crippen LogP contribution in [-0.4, -0.2) is 112 Å². The molecule has 346 valence electrons. The lowest BCUT2D eigenvalue weighted by Crippen LogP contribution is -2.65. The zero-order valence-electron chi connectivity index (χ0n) is 33.5. The molecular formula is C35H54O22P4. The summed E-state index contributed by atoms with van der Waals surface area (Å²) in [5, 5.41) is 21.7. The van der Waals surface area contributed by atoms with Crippen molar-refractivity contribution in [1.29, 1.82) is 0 Å². The normalized spacial score (nSPS) is 21.7. The van der Waals surface area contributed by atoms with Gasteiger partial charge in [0.25, 0.3) is 0 Å². The van der Waals surface area contributed by atoms with Gasteiger partial charge in [-0.25, -0.2) is 23.1 Å². The molecule has 0 radical (unpaired) electrons. The number of carbonyl (C=O) groups is 2. The van der Waals surface area contributed by atoms with E-state index in [0.717, 1.165) is 32.1 Å². The van der Waals surface area contributed by atoms with E-state index in [9.17, 15) is 72.3 Å². The lowest BCUT2D eigenvalue weighted by atomic mass is 9.85. The molecule has 0 aromatic rings. The number of hydrogen-bond acceptors (Lipinski definition) is 15. The number of esters is 2. The van der Waals surface area contributed by atoms with Crippen LogP contribution in [0.4, 0.5) is 0 Å². The first-order valence-corrected chi connectivity index (χ1v) is 25.1. The molecule has 0 spiro atoms. The van der Waals surface area contributed by atoms with Gasteiger partial charge >= 0.3 is 43.2 Å². The predicted molar refractivity (Wildman–Crippen MR) is 211 cm³/mol. The quantitative estimate of drug-likeness (QED) is 0.0179. The average Bonchev–Trinajstić information content (AvgIpc) is 3.14. The maximum absolute atomic E-state index is 13.1. The molecule has 1 fully saturated rings. The van der Waals surface area contributed by atoms with Crippen molar-refractivity contribution < 1.29 is 104 Å². The maximum atomic E-state index is 13.1. The van der Waals surface area contributed by atoms with E-state index in [1.807, 2.05) is 5.92 Å². The Kier molecular flexibility index (Phi) is 27.0. The van der Waals surface area contributed by atoms with E-state index in [0.29, 0.717) is 12.8 Å². The molecule has 26 heteroatoms. The fraction of sp³-hybridized carbons (Fsp3) is 0.714. The number of rotatable bonds is 28. The number of carbonyl (C=O) groups excluding carboxylic acids is 2. The largest absolute Gasteiger partial charge is 0.472 e. The molecule has 5 unspecified atom stereocenters. The molecule has 0 aromatic heterocycles. The summed E-state index contributed by atoms with van der Waals surface area (Å²) in [6, 6.07) is 0. The third kappa shape index (κ3) is 27.4. The van der Waals surface area contributed by atoms with Crippen molar-refractivity contribution in [2.24, 2.45) is 0 Å². The van der Waals surface area contributed by atoms with Crippen LogP contribution in [0.3, 0.4) is 0 Å². The van der Waals surface area contributed by atoms with Gasteiger partial charge in [0.15, 0.2) is 6.10 Å². The van der Waals surface area contributed by atoms with Crippen molar-refractivity contribution in [3.8, 4) is 47.4 Å². The van der Waals surface area contributed by atoms with Crippen molar-refractivity contribution in [2.75, 3.05) is 13.2 Å². The van der Waals surface area contributed by atoms with E-state index in [1.165, 1.54) is 38.5 Å². The smallest absolute Gasteiger partial charge is 0.456 e. The van der Waals surface area contributed by atoms with Crippen molar-refractivity contribution in [3.05, 3.63) is 0 Å². The highest BCUT2D eigenvalue weighted by molar-refractivity contribution is 7.47. The molecule has 1 rings (SSSR count). The second-order valence-electron chi connectivity index (χ2n) is 13.3. The summed E-state index contributed by atoms with van der Waals surface area (Å²) in [6.45, 7) is 1.79. The van der Waals surface area contributed by atoms with Crippen molar-refractivity contribution in [2.45, 2.75) is 146 Å². The minimum atomic E-state index is -5.80. The van der Waals surface area contributed by atoms with E-state index in [-0.39, 0.29) is 6.42 Å². The highest BCUT2D eigenvalue weighted by atomic mass is 31.2. The Bertz CT molecular complexity index is 1790. The second kappa shape index (κ2) is 29.1. The second-order valence-corrected chi connectivity index (χ2v) is 18.3. The third-order valence-electron chi connectivity index (χ3n) is 8.23. The topological polar surface area (TPSA) is 349 Å². The first-order valence-electron chi connectivity index (χ1n) is 19.0. The molecule has 61 heavy (non-hydrogen) atoms. The molecule has 0 bridgehead atoms. The van der Waals surface area contributed by atoms with Gasteiger partial charge in [0.2, 0.25) is 0 Å². The van der Waals surface area contributed by atoms with E-state index < -0.39 is 99.2 Å². The standard InChI is InChI=1S/C35H54O22P4/c1-3-5-7-9-11-12-13-14-15-16-18-20-22-24-29(37)53-27(25-51-28(36)23-21-19-17-10-8-6-4-2)26-52-61(49,50)57-32-30(38)33(54-58(40,41)42)35(56-60(46,47)48)34(31(32)39)55-59(43,44)45/h27,30-35,38-39H,3,5,7,9,11-16,18,20,22,24-26H2,1-2H3,(H,49,50)(H2,40,41,42)(H2,43,44,45)(H2,46,47,48)/t27-,30?,31?,32?,33-,34+,35?/m1/s1. The van der Waals surface area contributed by atoms with Crippen LogP contribution < -0.4 is 0 Å². The molecule has 0 heterocycles. The molecule has 0 aliphatic heterocycles. The maximum Gasteiger partial charge on any atom is 0.472 e. The Hall–Kier alpha value is -2.46.